The molecule has 0 fully saturated rings. The molecule has 0 unspecified atom stereocenters. The summed E-state index contributed by atoms with van der Waals surface area (Å²) in [5.41, 5.74) is 1.17. The van der Waals surface area contributed by atoms with Crippen molar-refractivity contribution < 1.29 is 14.6 Å². The minimum Gasteiger partial charge on any atom is -0.493 e. The van der Waals surface area contributed by atoms with E-state index in [1.54, 1.807) is 12.1 Å². The first-order valence-corrected chi connectivity index (χ1v) is 7.71. The number of rotatable bonds is 7. The second-order valence-electron chi connectivity index (χ2n) is 5.65. The average molecular weight is 314 g/mol. The molecule has 5 heteroatoms. The van der Waals surface area contributed by atoms with Crippen LogP contribution in [0, 0.1) is 5.92 Å². The van der Waals surface area contributed by atoms with E-state index in [4.69, 9.17) is 9.84 Å². The van der Waals surface area contributed by atoms with Crippen molar-refractivity contribution in [3.8, 4) is 5.75 Å². The third-order valence-corrected chi connectivity index (χ3v) is 3.32. The Morgan fingerprint density at radius 2 is 1.91 bits per heavy atom. The number of hydrogen-bond acceptors (Lipinski definition) is 4. The van der Waals surface area contributed by atoms with Gasteiger partial charge in [0.25, 0.3) is 0 Å². The van der Waals surface area contributed by atoms with Crippen LogP contribution in [0.3, 0.4) is 0 Å². The van der Waals surface area contributed by atoms with Crippen molar-refractivity contribution in [2.75, 3.05) is 18.1 Å². The van der Waals surface area contributed by atoms with E-state index in [1.165, 1.54) is 6.20 Å². The minimum absolute atomic E-state index is 0.183. The summed E-state index contributed by atoms with van der Waals surface area (Å²) < 4.78 is 5.68. The van der Waals surface area contributed by atoms with Crippen molar-refractivity contribution in [3.63, 3.8) is 0 Å². The summed E-state index contributed by atoms with van der Waals surface area (Å²) in [4.78, 5) is 17.2. The molecule has 2 rings (SSSR count). The summed E-state index contributed by atoms with van der Waals surface area (Å²) in [5, 5.41) is 8.94. The Kier molecular flexibility index (Phi) is 5.57. The highest BCUT2D eigenvalue weighted by molar-refractivity contribution is 5.87. The fourth-order valence-electron chi connectivity index (χ4n) is 2.13. The first-order chi connectivity index (χ1) is 11.0. The van der Waals surface area contributed by atoms with Gasteiger partial charge in [0.05, 0.1) is 12.2 Å². The van der Waals surface area contributed by atoms with Gasteiger partial charge in [-0.2, -0.15) is 0 Å². The molecule has 1 heterocycles. The summed E-state index contributed by atoms with van der Waals surface area (Å²) >= 11 is 0. The van der Waals surface area contributed by atoms with Crippen LogP contribution < -0.4 is 9.64 Å². The van der Waals surface area contributed by atoms with Gasteiger partial charge in [-0.15, -0.1) is 0 Å². The van der Waals surface area contributed by atoms with Crippen LogP contribution >= 0.6 is 0 Å². The molecule has 23 heavy (non-hydrogen) atoms. The van der Waals surface area contributed by atoms with Crippen LogP contribution in [-0.4, -0.2) is 29.2 Å². The third kappa shape index (κ3) is 4.45. The van der Waals surface area contributed by atoms with Gasteiger partial charge in [-0.3, -0.25) is 0 Å². The summed E-state index contributed by atoms with van der Waals surface area (Å²) in [6, 6.07) is 11.1. The first kappa shape index (κ1) is 16.8. The van der Waals surface area contributed by atoms with Gasteiger partial charge in [-0.25, -0.2) is 9.78 Å². The van der Waals surface area contributed by atoms with E-state index in [0.717, 1.165) is 18.0 Å². The number of aromatic carboxylic acids is 1. The van der Waals surface area contributed by atoms with E-state index in [9.17, 15) is 4.79 Å². The van der Waals surface area contributed by atoms with Crippen LogP contribution in [0.1, 0.15) is 31.1 Å². The Balaban J connectivity index is 2.15. The van der Waals surface area contributed by atoms with E-state index in [-0.39, 0.29) is 5.56 Å². The molecular weight excluding hydrogens is 292 g/mol. The second-order valence-corrected chi connectivity index (χ2v) is 5.65. The molecule has 0 aliphatic heterocycles. The molecule has 0 amide bonds. The van der Waals surface area contributed by atoms with E-state index in [1.807, 2.05) is 36.1 Å². The number of carbonyl (C=O) groups is 1. The van der Waals surface area contributed by atoms with Gasteiger partial charge in [-0.05, 0) is 49.2 Å². The monoisotopic (exact) mass is 314 g/mol. The Bertz CT molecular complexity index is 636. The zero-order valence-corrected chi connectivity index (χ0v) is 13.7. The Labute approximate surface area is 136 Å². The topological polar surface area (TPSA) is 62.7 Å². The average Bonchev–Trinajstić information content (AvgIpc) is 2.55. The van der Waals surface area contributed by atoms with Gasteiger partial charge >= 0.3 is 5.97 Å². The highest BCUT2D eigenvalue weighted by Gasteiger charge is 2.10. The van der Waals surface area contributed by atoms with Crippen molar-refractivity contribution in [2.24, 2.45) is 5.92 Å². The Morgan fingerprint density at radius 3 is 2.39 bits per heavy atom. The fourth-order valence-corrected chi connectivity index (χ4v) is 2.13. The summed E-state index contributed by atoms with van der Waals surface area (Å²) in [7, 11) is 0. The van der Waals surface area contributed by atoms with Gasteiger partial charge in [0.1, 0.15) is 11.6 Å². The number of nitrogens with zero attached hydrogens (tertiary/aromatic N) is 2. The van der Waals surface area contributed by atoms with Gasteiger partial charge in [-0.1, -0.05) is 13.8 Å². The van der Waals surface area contributed by atoms with Gasteiger partial charge < -0.3 is 14.7 Å². The second kappa shape index (κ2) is 7.63. The van der Waals surface area contributed by atoms with Crippen LogP contribution in [0.5, 0.6) is 5.75 Å². The molecule has 0 saturated heterocycles. The molecular formula is C18H22N2O3. The maximum absolute atomic E-state index is 10.9. The Hall–Kier alpha value is -2.56. The smallest absolute Gasteiger partial charge is 0.337 e. The molecule has 1 aromatic heterocycles. The molecule has 122 valence electrons. The third-order valence-electron chi connectivity index (χ3n) is 3.32. The van der Waals surface area contributed by atoms with Crippen molar-refractivity contribution in [2.45, 2.75) is 20.8 Å². The highest BCUT2D eigenvalue weighted by Crippen LogP contribution is 2.25. The van der Waals surface area contributed by atoms with Crippen LogP contribution in [0.15, 0.2) is 42.6 Å². The number of ether oxygens (including phenoxy) is 1. The fraction of sp³-hybridized carbons (Fsp3) is 0.333. The number of carboxylic acids is 1. The zero-order valence-electron chi connectivity index (χ0n) is 13.7. The van der Waals surface area contributed by atoms with Crippen LogP contribution in [-0.2, 0) is 0 Å². The highest BCUT2D eigenvalue weighted by atomic mass is 16.5. The molecule has 1 N–H and O–H groups in total. The standard InChI is InChI=1S/C18H22N2O3/c1-4-20(17-10-5-14(11-19-17)18(21)22)15-6-8-16(9-7-15)23-12-13(2)3/h5-11,13H,4,12H2,1-3H3,(H,21,22). The maximum Gasteiger partial charge on any atom is 0.337 e. The van der Waals surface area contributed by atoms with Gasteiger partial charge in [0, 0.05) is 18.4 Å². The van der Waals surface area contributed by atoms with Gasteiger partial charge in [0.15, 0.2) is 0 Å². The molecule has 5 nitrogen and oxygen atoms in total. The molecule has 0 saturated carbocycles. The van der Waals surface area contributed by atoms with Crippen LogP contribution in [0.25, 0.3) is 0 Å². The quantitative estimate of drug-likeness (QED) is 0.837. The predicted molar refractivity (Wildman–Crippen MR) is 90.7 cm³/mol. The normalized spacial score (nSPS) is 10.6. The van der Waals surface area contributed by atoms with Crippen molar-refractivity contribution >= 4 is 17.5 Å². The Morgan fingerprint density at radius 1 is 1.22 bits per heavy atom. The number of carboxylic acid groups (broad SMARTS) is 1. The molecule has 0 aliphatic carbocycles. The summed E-state index contributed by atoms with van der Waals surface area (Å²) in [6.07, 6.45) is 1.38. The van der Waals surface area contributed by atoms with Crippen LogP contribution in [0.2, 0.25) is 0 Å². The number of anilines is 2. The minimum atomic E-state index is -0.973. The molecule has 0 spiro atoms. The van der Waals surface area contributed by atoms with Crippen molar-refractivity contribution in [3.05, 3.63) is 48.2 Å². The largest absolute Gasteiger partial charge is 0.493 e. The lowest BCUT2D eigenvalue weighted by Crippen LogP contribution is -2.17. The van der Waals surface area contributed by atoms with Gasteiger partial charge in [0.2, 0.25) is 0 Å². The lowest BCUT2D eigenvalue weighted by molar-refractivity contribution is 0.0696. The maximum atomic E-state index is 10.9. The molecule has 1 aromatic carbocycles. The number of aromatic nitrogens is 1. The number of benzene rings is 1. The van der Waals surface area contributed by atoms with Crippen molar-refractivity contribution in [1.82, 2.24) is 4.98 Å². The van der Waals surface area contributed by atoms with Crippen molar-refractivity contribution in [1.29, 1.82) is 0 Å². The zero-order chi connectivity index (χ0) is 16.8. The van der Waals surface area contributed by atoms with E-state index < -0.39 is 5.97 Å². The van der Waals surface area contributed by atoms with Crippen LogP contribution in [0.4, 0.5) is 11.5 Å². The lowest BCUT2D eigenvalue weighted by atomic mass is 10.2. The SMILES string of the molecule is CCN(c1ccc(OCC(C)C)cc1)c1ccc(C(=O)O)cn1. The molecule has 2 aromatic rings. The lowest BCUT2D eigenvalue weighted by Gasteiger charge is -2.22. The number of pyridine rings is 1. The van der Waals surface area contributed by atoms with E-state index in [0.29, 0.717) is 18.3 Å². The molecule has 0 radical (unpaired) electrons. The summed E-state index contributed by atoms with van der Waals surface area (Å²) in [5.74, 6) is 1.07. The molecule has 0 aliphatic rings. The first-order valence-electron chi connectivity index (χ1n) is 7.71. The predicted octanol–water partition coefficient (Wildman–Crippen LogP) is 3.97. The van der Waals surface area contributed by atoms with E-state index >= 15 is 0 Å². The number of hydrogen-bond donors (Lipinski definition) is 1. The summed E-state index contributed by atoms with van der Waals surface area (Å²) in [6.45, 7) is 7.66. The van der Waals surface area contributed by atoms with E-state index in [2.05, 4.69) is 18.8 Å². The molecule has 0 bridgehead atoms. The molecule has 0 atom stereocenters.